The molecule has 0 heterocycles. The van der Waals surface area contributed by atoms with E-state index in [1.807, 2.05) is 12.1 Å². The summed E-state index contributed by atoms with van der Waals surface area (Å²) in [4.78, 5) is 12.0. The number of hydrogen-bond donors (Lipinski definition) is 2. The molecule has 0 spiro atoms. The lowest BCUT2D eigenvalue weighted by Gasteiger charge is -2.11. The molecular weight excluding hydrogens is 344 g/mol. The van der Waals surface area contributed by atoms with Crippen molar-refractivity contribution in [3.8, 4) is 17.2 Å². The molecule has 0 unspecified atom stereocenters. The van der Waals surface area contributed by atoms with Crippen LogP contribution in [0.5, 0.6) is 17.2 Å². The first-order valence-corrected chi connectivity index (χ1v) is 8.04. The molecule has 25 heavy (non-hydrogen) atoms. The highest BCUT2D eigenvalue weighted by Gasteiger charge is 2.07. The van der Waals surface area contributed by atoms with Crippen molar-refractivity contribution >= 4 is 28.9 Å². The quantitative estimate of drug-likeness (QED) is 0.745. The largest absolute Gasteiger partial charge is 0.495 e. The van der Waals surface area contributed by atoms with Crippen molar-refractivity contribution in [2.75, 3.05) is 38.5 Å². The number of anilines is 2. The lowest BCUT2D eigenvalue weighted by atomic mass is 10.2. The maximum Gasteiger partial charge on any atom is 0.226 e. The van der Waals surface area contributed by atoms with E-state index in [9.17, 15) is 4.79 Å². The molecule has 0 atom stereocenters. The Morgan fingerprint density at radius 2 is 1.56 bits per heavy atom. The summed E-state index contributed by atoms with van der Waals surface area (Å²) >= 11 is 6.04. The molecule has 2 aromatic rings. The minimum absolute atomic E-state index is 0.116. The highest BCUT2D eigenvalue weighted by atomic mass is 35.5. The van der Waals surface area contributed by atoms with Gasteiger partial charge in [-0.2, -0.15) is 0 Å². The molecule has 6 nitrogen and oxygen atoms in total. The zero-order valence-corrected chi connectivity index (χ0v) is 15.1. The van der Waals surface area contributed by atoms with Gasteiger partial charge in [-0.15, -0.1) is 0 Å². The maximum atomic E-state index is 12.0. The minimum atomic E-state index is -0.116. The van der Waals surface area contributed by atoms with Crippen LogP contribution in [0.25, 0.3) is 0 Å². The second-order valence-corrected chi connectivity index (χ2v) is 5.55. The van der Waals surface area contributed by atoms with Crippen LogP contribution >= 0.6 is 11.6 Å². The van der Waals surface area contributed by atoms with Crippen LogP contribution in [0.3, 0.4) is 0 Å². The molecule has 2 N–H and O–H groups in total. The van der Waals surface area contributed by atoms with Crippen molar-refractivity contribution < 1.29 is 19.0 Å². The number of halogens is 1. The average molecular weight is 365 g/mol. The van der Waals surface area contributed by atoms with Gasteiger partial charge in [-0.05, 0) is 30.3 Å². The van der Waals surface area contributed by atoms with Crippen LogP contribution in [0.2, 0.25) is 5.02 Å². The van der Waals surface area contributed by atoms with Gasteiger partial charge in [0.15, 0.2) is 11.5 Å². The number of ether oxygens (including phenoxy) is 3. The molecule has 0 fully saturated rings. The third-order valence-electron chi connectivity index (χ3n) is 3.50. The summed E-state index contributed by atoms with van der Waals surface area (Å²) in [7, 11) is 4.70. The average Bonchev–Trinajstić information content (AvgIpc) is 2.61. The van der Waals surface area contributed by atoms with Crippen LogP contribution in [0.15, 0.2) is 36.4 Å². The Bertz CT molecular complexity index is 737. The standard InChI is InChI=1S/C18H21ClN2O4/c1-23-15-6-5-13(10-14(15)19)21-18(22)8-9-20-12-4-7-16(24-2)17(11-12)25-3/h4-7,10-11,20H,8-9H2,1-3H3,(H,21,22). The molecule has 2 rings (SSSR count). The van der Waals surface area contributed by atoms with Gasteiger partial charge < -0.3 is 24.8 Å². The fourth-order valence-electron chi connectivity index (χ4n) is 2.23. The summed E-state index contributed by atoms with van der Waals surface area (Å²) in [6, 6.07) is 10.6. The first-order valence-electron chi connectivity index (χ1n) is 7.66. The third kappa shape index (κ3) is 5.19. The Morgan fingerprint density at radius 1 is 0.920 bits per heavy atom. The summed E-state index contributed by atoms with van der Waals surface area (Å²) in [5.74, 6) is 1.73. The Kier molecular flexibility index (Phi) is 6.77. The van der Waals surface area contributed by atoms with E-state index in [0.29, 0.717) is 40.9 Å². The van der Waals surface area contributed by atoms with Crippen LogP contribution in [0.4, 0.5) is 11.4 Å². The van der Waals surface area contributed by atoms with Gasteiger partial charge in [0, 0.05) is 30.4 Å². The van der Waals surface area contributed by atoms with Crippen LogP contribution in [0.1, 0.15) is 6.42 Å². The molecule has 0 aromatic heterocycles. The van der Waals surface area contributed by atoms with E-state index in [-0.39, 0.29) is 5.91 Å². The van der Waals surface area contributed by atoms with Crippen molar-refractivity contribution in [2.45, 2.75) is 6.42 Å². The van der Waals surface area contributed by atoms with Crippen LogP contribution in [-0.4, -0.2) is 33.8 Å². The monoisotopic (exact) mass is 364 g/mol. The summed E-state index contributed by atoms with van der Waals surface area (Å²) < 4.78 is 15.5. The highest BCUT2D eigenvalue weighted by Crippen LogP contribution is 2.30. The summed E-state index contributed by atoms with van der Waals surface area (Å²) in [5.41, 5.74) is 1.47. The van der Waals surface area contributed by atoms with Crippen LogP contribution < -0.4 is 24.8 Å². The van der Waals surface area contributed by atoms with Gasteiger partial charge in [0.25, 0.3) is 0 Å². The summed E-state index contributed by atoms with van der Waals surface area (Å²) in [5, 5.41) is 6.42. The molecule has 0 radical (unpaired) electrons. The third-order valence-corrected chi connectivity index (χ3v) is 3.80. The zero-order chi connectivity index (χ0) is 18.2. The number of carbonyl (C=O) groups is 1. The predicted octanol–water partition coefficient (Wildman–Crippen LogP) is 3.81. The molecule has 0 aliphatic carbocycles. The molecule has 0 saturated carbocycles. The molecule has 0 bridgehead atoms. The van der Waals surface area contributed by atoms with Gasteiger partial charge in [0.2, 0.25) is 5.91 Å². The molecule has 0 saturated heterocycles. The van der Waals surface area contributed by atoms with E-state index in [1.54, 1.807) is 45.6 Å². The van der Waals surface area contributed by atoms with Crippen LogP contribution in [0, 0.1) is 0 Å². The van der Waals surface area contributed by atoms with Crippen molar-refractivity contribution in [3.63, 3.8) is 0 Å². The topological polar surface area (TPSA) is 68.8 Å². The van der Waals surface area contributed by atoms with Gasteiger partial charge in [0.05, 0.1) is 26.4 Å². The fourth-order valence-corrected chi connectivity index (χ4v) is 2.49. The van der Waals surface area contributed by atoms with Gasteiger partial charge in [-0.25, -0.2) is 0 Å². The lowest BCUT2D eigenvalue weighted by Crippen LogP contribution is -2.16. The van der Waals surface area contributed by atoms with Crippen LogP contribution in [-0.2, 0) is 4.79 Å². The van der Waals surface area contributed by atoms with E-state index < -0.39 is 0 Å². The molecule has 7 heteroatoms. The molecule has 0 aliphatic heterocycles. The van der Waals surface area contributed by atoms with Gasteiger partial charge in [-0.1, -0.05) is 11.6 Å². The number of methoxy groups -OCH3 is 3. The van der Waals surface area contributed by atoms with Crippen molar-refractivity contribution in [1.29, 1.82) is 0 Å². The van der Waals surface area contributed by atoms with E-state index in [1.165, 1.54) is 0 Å². The fraction of sp³-hybridized carbons (Fsp3) is 0.278. The second kappa shape index (κ2) is 9.03. The number of amides is 1. The predicted molar refractivity (Wildman–Crippen MR) is 99.3 cm³/mol. The lowest BCUT2D eigenvalue weighted by molar-refractivity contribution is -0.115. The number of rotatable bonds is 8. The molecule has 0 aliphatic rings. The molecular formula is C18H21ClN2O4. The van der Waals surface area contributed by atoms with Gasteiger partial charge in [0.1, 0.15) is 5.75 Å². The first-order chi connectivity index (χ1) is 12.1. The first kappa shape index (κ1) is 18.7. The van der Waals surface area contributed by atoms with Gasteiger partial charge in [-0.3, -0.25) is 4.79 Å². The zero-order valence-electron chi connectivity index (χ0n) is 14.4. The normalized spacial score (nSPS) is 10.1. The van der Waals surface area contributed by atoms with E-state index >= 15 is 0 Å². The highest BCUT2D eigenvalue weighted by molar-refractivity contribution is 6.32. The Balaban J connectivity index is 1.85. The number of carbonyl (C=O) groups excluding carboxylic acids is 1. The van der Waals surface area contributed by atoms with Gasteiger partial charge >= 0.3 is 0 Å². The van der Waals surface area contributed by atoms with Crippen molar-refractivity contribution in [3.05, 3.63) is 41.4 Å². The second-order valence-electron chi connectivity index (χ2n) is 5.14. The molecule has 1 amide bonds. The van der Waals surface area contributed by atoms with Crippen molar-refractivity contribution in [1.82, 2.24) is 0 Å². The smallest absolute Gasteiger partial charge is 0.226 e. The minimum Gasteiger partial charge on any atom is -0.495 e. The summed E-state index contributed by atoms with van der Waals surface area (Å²) in [6.45, 7) is 0.477. The maximum absolute atomic E-state index is 12.0. The Labute approximate surface area is 152 Å². The van der Waals surface area contributed by atoms with E-state index in [2.05, 4.69) is 10.6 Å². The van der Waals surface area contributed by atoms with E-state index in [0.717, 1.165) is 5.69 Å². The number of nitrogens with one attached hydrogen (secondary N) is 2. The molecule has 134 valence electrons. The number of hydrogen-bond acceptors (Lipinski definition) is 5. The SMILES string of the molecule is COc1ccc(NC(=O)CCNc2ccc(OC)c(OC)c2)cc1Cl. The Morgan fingerprint density at radius 3 is 2.20 bits per heavy atom. The van der Waals surface area contributed by atoms with E-state index in [4.69, 9.17) is 25.8 Å². The number of benzene rings is 2. The van der Waals surface area contributed by atoms with Crippen molar-refractivity contribution in [2.24, 2.45) is 0 Å². The summed E-state index contributed by atoms with van der Waals surface area (Å²) in [6.07, 6.45) is 0.304. The molecule has 2 aromatic carbocycles. The Hall–Kier alpha value is -2.60.